The second-order valence-electron chi connectivity index (χ2n) is 7.02. The lowest BCUT2D eigenvalue weighted by Crippen LogP contribution is -2.52. The lowest BCUT2D eigenvalue weighted by Gasteiger charge is -2.50. The quantitative estimate of drug-likeness (QED) is 0.758. The van der Waals surface area contributed by atoms with Crippen molar-refractivity contribution in [2.45, 2.75) is 32.4 Å². The summed E-state index contributed by atoms with van der Waals surface area (Å²) in [4.78, 5) is 27.6. The molecule has 1 heterocycles. The Morgan fingerprint density at radius 1 is 1.04 bits per heavy atom. The molecule has 25 heavy (non-hydrogen) atoms. The molecule has 0 spiro atoms. The molecule has 2 unspecified atom stereocenters. The topological polar surface area (TPSA) is 37.4 Å². The molecule has 4 heteroatoms. The molecular weight excluding hydrogens is 334 g/mol. The maximum absolute atomic E-state index is 13.0. The van der Waals surface area contributed by atoms with E-state index in [0.29, 0.717) is 6.42 Å². The van der Waals surface area contributed by atoms with E-state index < -0.39 is 5.41 Å². The summed E-state index contributed by atoms with van der Waals surface area (Å²) in [6, 6.07) is 18.8. The number of piperidine rings is 1. The van der Waals surface area contributed by atoms with Crippen LogP contribution in [0.25, 0.3) is 0 Å². The first kappa shape index (κ1) is 17.7. The number of halogens is 1. The molecule has 1 amide bonds. The van der Waals surface area contributed by atoms with Crippen LogP contribution in [0.2, 0.25) is 0 Å². The zero-order valence-electron chi connectivity index (χ0n) is 14.5. The molecule has 2 atom stereocenters. The predicted octanol–water partition coefficient (Wildman–Crippen LogP) is 4.54. The van der Waals surface area contributed by atoms with Crippen molar-refractivity contribution in [3.63, 3.8) is 0 Å². The number of carbonyl (C=O) groups is 2. The SMILES string of the molecule is CC1(C)C(=O)CC(c2ccccc2)N(C(=O)CCl)C1c1ccccc1. The van der Waals surface area contributed by atoms with Crippen LogP contribution in [0.15, 0.2) is 60.7 Å². The summed E-state index contributed by atoms with van der Waals surface area (Å²) in [5, 5.41) is 0. The van der Waals surface area contributed by atoms with Crippen molar-refractivity contribution in [1.82, 2.24) is 4.90 Å². The highest BCUT2D eigenvalue weighted by Crippen LogP contribution is 2.49. The molecule has 130 valence electrons. The van der Waals surface area contributed by atoms with Gasteiger partial charge >= 0.3 is 0 Å². The monoisotopic (exact) mass is 355 g/mol. The van der Waals surface area contributed by atoms with Crippen LogP contribution in [0.4, 0.5) is 0 Å². The number of Topliss-reactive ketones (excluding diaryl/α,β-unsaturated/α-hetero) is 1. The Balaban J connectivity index is 2.16. The van der Waals surface area contributed by atoms with E-state index in [9.17, 15) is 9.59 Å². The largest absolute Gasteiger partial charge is 0.326 e. The first-order chi connectivity index (χ1) is 12.0. The number of benzene rings is 2. The molecular formula is C21H22ClNO2. The van der Waals surface area contributed by atoms with E-state index in [-0.39, 0.29) is 29.7 Å². The average molecular weight is 356 g/mol. The molecule has 0 radical (unpaired) electrons. The van der Waals surface area contributed by atoms with Gasteiger partial charge in [0.15, 0.2) is 0 Å². The van der Waals surface area contributed by atoms with Crippen molar-refractivity contribution in [3.05, 3.63) is 71.8 Å². The van der Waals surface area contributed by atoms with Gasteiger partial charge in [-0.25, -0.2) is 0 Å². The van der Waals surface area contributed by atoms with Crippen LogP contribution < -0.4 is 0 Å². The lowest BCUT2D eigenvalue weighted by atomic mass is 9.69. The lowest BCUT2D eigenvalue weighted by molar-refractivity contribution is -0.151. The smallest absolute Gasteiger partial charge is 0.238 e. The normalized spacial score (nSPS) is 22.7. The predicted molar refractivity (Wildman–Crippen MR) is 99.3 cm³/mol. The first-order valence-corrected chi connectivity index (χ1v) is 9.00. The van der Waals surface area contributed by atoms with E-state index >= 15 is 0 Å². The van der Waals surface area contributed by atoms with E-state index in [4.69, 9.17) is 11.6 Å². The zero-order chi connectivity index (χ0) is 18.0. The van der Waals surface area contributed by atoms with Crippen molar-refractivity contribution < 1.29 is 9.59 Å². The third-order valence-electron chi connectivity index (χ3n) is 5.10. The standard InChI is InChI=1S/C21H22ClNO2/c1-21(2)18(24)13-17(15-9-5-3-6-10-15)23(19(25)14-22)20(21)16-11-7-4-8-12-16/h3-12,17,20H,13-14H2,1-2H3. The Bertz CT molecular complexity index is 758. The number of rotatable bonds is 3. The van der Waals surface area contributed by atoms with Gasteiger partial charge in [-0.1, -0.05) is 74.5 Å². The summed E-state index contributed by atoms with van der Waals surface area (Å²) in [7, 11) is 0. The van der Waals surface area contributed by atoms with Gasteiger partial charge in [0, 0.05) is 11.8 Å². The summed E-state index contributed by atoms with van der Waals surface area (Å²) in [5.74, 6) is -0.0875. The van der Waals surface area contributed by atoms with Crippen LogP contribution in [-0.4, -0.2) is 22.5 Å². The number of amides is 1. The van der Waals surface area contributed by atoms with Gasteiger partial charge in [0.05, 0.1) is 12.1 Å². The van der Waals surface area contributed by atoms with Gasteiger partial charge in [0.2, 0.25) is 5.91 Å². The fraction of sp³-hybridized carbons (Fsp3) is 0.333. The maximum atomic E-state index is 13.0. The van der Waals surface area contributed by atoms with Gasteiger partial charge in [-0.2, -0.15) is 0 Å². The van der Waals surface area contributed by atoms with E-state index in [1.54, 1.807) is 0 Å². The molecule has 2 aromatic carbocycles. The average Bonchev–Trinajstić information content (AvgIpc) is 2.64. The summed E-state index contributed by atoms with van der Waals surface area (Å²) < 4.78 is 0. The molecule has 0 aromatic heterocycles. The van der Waals surface area contributed by atoms with Gasteiger partial charge < -0.3 is 4.90 Å². The molecule has 1 aliphatic rings. The van der Waals surface area contributed by atoms with Gasteiger partial charge in [0.1, 0.15) is 11.7 Å². The Hall–Kier alpha value is -2.13. The first-order valence-electron chi connectivity index (χ1n) is 8.47. The van der Waals surface area contributed by atoms with Crippen molar-refractivity contribution in [1.29, 1.82) is 0 Å². The second kappa shape index (κ2) is 7.01. The van der Waals surface area contributed by atoms with E-state index in [1.165, 1.54) is 0 Å². The summed E-state index contributed by atoms with van der Waals surface area (Å²) >= 11 is 5.94. The number of ketones is 1. The summed E-state index contributed by atoms with van der Waals surface area (Å²) in [6.45, 7) is 3.84. The highest BCUT2D eigenvalue weighted by atomic mass is 35.5. The van der Waals surface area contributed by atoms with Crippen molar-refractivity contribution in [2.24, 2.45) is 5.41 Å². The molecule has 0 N–H and O–H groups in total. The van der Waals surface area contributed by atoms with Crippen LogP contribution in [0.3, 0.4) is 0 Å². The molecule has 0 bridgehead atoms. The second-order valence-corrected chi connectivity index (χ2v) is 7.29. The van der Waals surface area contributed by atoms with E-state index in [0.717, 1.165) is 11.1 Å². The Labute approximate surface area is 153 Å². The van der Waals surface area contributed by atoms with Crippen LogP contribution in [0, 0.1) is 5.41 Å². The van der Waals surface area contributed by atoms with Gasteiger partial charge in [-0.3, -0.25) is 9.59 Å². The number of alkyl halides is 1. The zero-order valence-corrected chi connectivity index (χ0v) is 15.2. The summed E-state index contributed by atoms with van der Waals surface area (Å²) in [6.07, 6.45) is 0.309. The third-order valence-corrected chi connectivity index (χ3v) is 5.33. The highest BCUT2D eigenvalue weighted by molar-refractivity contribution is 6.27. The van der Waals surface area contributed by atoms with Gasteiger partial charge in [-0.05, 0) is 11.1 Å². The molecule has 1 fully saturated rings. The molecule has 1 saturated heterocycles. The number of nitrogens with zero attached hydrogens (tertiary/aromatic N) is 1. The Kier molecular flexibility index (Phi) is 4.96. The Morgan fingerprint density at radius 2 is 1.56 bits per heavy atom. The molecule has 2 aromatic rings. The Morgan fingerprint density at radius 3 is 2.08 bits per heavy atom. The van der Waals surface area contributed by atoms with Gasteiger partial charge in [-0.15, -0.1) is 11.6 Å². The van der Waals surface area contributed by atoms with Gasteiger partial charge in [0.25, 0.3) is 0 Å². The molecule has 1 aliphatic heterocycles. The van der Waals surface area contributed by atoms with Crippen molar-refractivity contribution >= 4 is 23.3 Å². The third kappa shape index (κ3) is 3.21. The van der Waals surface area contributed by atoms with Crippen molar-refractivity contribution in [3.8, 4) is 0 Å². The van der Waals surface area contributed by atoms with E-state index in [1.807, 2.05) is 79.4 Å². The molecule has 0 aliphatic carbocycles. The minimum Gasteiger partial charge on any atom is -0.326 e. The fourth-order valence-corrected chi connectivity index (χ4v) is 3.91. The van der Waals surface area contributed by atoms with Crippen molar-refractivity contribution in [2.75, 3.05) is 5.88 Å². The highest BCUT2D eigenvalue weighted by Gasteiger charge is 2.50. The molecule has 3 rings (SSSR count). The summed E-state index contributed by atoms with van der Waals surface area (Å²) in [5.41, 5.74) is 1.25. The number of hydrogen-bond acceptors (Lipinski definition) is 2. The minimum atomic E-state index is -0.672. The minimum absolute atomic E-state index is 0.100. The van der Waals surface area contributed by atoms with E-state index in [2.05, 4.69) is 0 Å². The molecule has 3 nitrogen and oxygen atoms in total. The van der Waals surface area contributed by atoms with Crippen LogP contribution >= 0.6 is 11.6 Å². The number of likely N-dealkylation sites (tertiary alicyclic amines) is 1. The van der Waals surface area contributed by atoms with Crippen LogP contribution in [0.5, 0.6) is 0 Å². The number of hydrogen-bond donors (Lipinski definition) is 0. The molecule has 0 saturated carbocycles. The number of carbonyl (C=O) groups excluding carboxylic acids is 2. The van der Waals surface area contributed by atoms with Crippen LogP contribution in [0.1, 0.15) is 43.5 Å². The van der Waals surface area contributed by atoms with Crippen LogP contribution in [-0.2, 0) is 9.59 Å². The fourth-order valence-electron chi connectivity index (χ4n) is 3.77. The maximum Gasteiger partial charge on any atom is 0.238 e.